The Morgan fingerprint density at radius 1 is 1.33 bits per heavy atom. The van der Waals surface area contributed by atoms with Crippen LogP contribution in [-0.2, 0) is 6.42 Å². The molecule has 0 saturated carbocycles. The number of nitrogens with one attached hydrogen (secondary N) is 1. The quantitative estimate of drug-likeness (QED) is 0.495. The van der Waals surface area contributed by atoms with Gasteiger partial charge < -0.3 is 9.15 Å². The minimum Gasteiger partial charge on any atom is -0.493 e. The van der Waals surface area contributed by atoms with Gasteiger partial charge in [-0.15, -0.1) is 10.2 Å². The molecule has 1 N–H and O–H groups in total. The zero-order valence-electron chi connectivity index (χ0n) is 13.3. The van der Waals surface area contributed by atoms with Gasteiger partial charge in [0.1, 0.15) is 11.3 Å². The van der Waals surface area contributed by atoms with Crippen molar-refractivity contribution in [1.29, 1.82) is 0 Å². The van der Waals surface area contributed by atoms with Gasteiger partial charge in [0.15, 0.2) is 5.43 Å². The molecule has 0 aliphatic rings. The van der Waals surface area contributed by atoms with Crippen LogP contribution in [0.2, 0.25) is 0 Å². The predicted molar refractivity (Wildman–Crippen MR) is 91.5 cm³/mol. The van der Waals surface area contributed by atoms with Gasteiger partial charge in [-0.2, -0.15) is 5.21 Å². The van der Waals surface area contributed by atoms with Crippen molar-refractivity contribution in [2.45, 2.75) is 31.3 Å². The van der Waals surface area contributed by atoms with Gasteiger partial charge in [0.2, 0.25) is 5.16 Å². The van der Waals surface area contributed by atoms with Crippen LogP contribution in [0.1, 0.15) is 25.3 Å². The largest absolute Gasteiger partial charge is 0.493 e. The third-order valence-electron chi connectivity index (χ3n) is 3.49. The van der Waals surface area contributed by atoms with E-state index in [-0.39, 0.29) is 5.43 Å². The van der Waals surface area contributed by atoms with Crippen molar-refractivity contribution in [3.63, 3.8) is 0 Å². The fraction of sp³-hybridized carbons (Fsp3) is 0.375. The minimum absolute atomic E-state index is 0.0309. The van der Waals surface area contributed by atoms with E-state index in [1.807, 2.05) is 6.07 Å². The molecule has 0 spiro atoms. The average Bonchev–Trinajstić information content (AvgIpc) is 3.10. The number of nitrogens with zero attached hydrogens (tertiary/aromatic N) is 3. The summed E-state index contributed by atoms with van der Waals surface area (Å²) in [5.74, 6) is 1.62. The third kappa shape index (κ3) is 3.76. The van der Waals surface area contributed by atoms with Crippen molar-refractivity contribution in [2.75, 3.05) is 12.4 Å². The van der Waals surface area contributed by atoms with Crippen LogP contribution in [0.3, 0.4) is 0 Å². The van der Waals surface area contributed by atoms with E-state index in [2.05, 4.69) is 27.5 Å². The van der Waals surface area contributed by atoms with Crippen LogP contribution in [0.5, 0.6) is 5.75 Å². The highest BCUT2D eigenvalue weighted by Crippen LogP contribution is 2.28. The molecule has 3 aromatic rings. The first-order valence-electron chi connectivity index (χ1n) is 7.82. The van der Waals surface area contributed by atoms with Crippen LogP contribution >= 0.6 is 11.8 Å². The topological polar surface area (TPSA) is 93.9 Å². The van der Waals surface area contributed by atoms with E-state index < -0.39 is 0 Å². The second-order valence-corrected chi connectivity index (χ2v) is 6.26. The van der Waals surface area contributed by atoms with E-state index in [0.29, 0.717) is 22.7 Å². The predicted octanol–water partition coefficient (Wildman–Crippen LogP) is 2.82. The zero-order chi connectivity index (χ0) is 16.8. The summed E-state index contributed by atoms with van der Waals surface area (Å²) in [5, 5.41) is 14.9. The first-order valence-corrected chi connectivity index (χ1v) is 8.80. The number of ether oxygens (including phenoxy) is 1. The van der Waals surface area contributed by atoms with Gasteiger partial charge >= 0.3 is 0 Å². The lowest BCUT2D eigenvalue weighted by atomic mass is 10.1. The van der Waals surface area contributed by atoms with E-state index >= 15 is 0 Å². The van der Waals surface area contributed by atoms with Gasteiger partial charge in [0.05, 0.1) is 18.3 Å². The Morgan fingerprint density at radius 2 is 2.25 bits per heavy atom. The highest BCUT2D eigenvalue weighted by molar-refractivity contribution is 7.99. The monoisotopic (exact) mass is 346 g/mol. The lowest BCUT2D eigenvalue weighted by Gasteiger charge is -2.12. The van der Waals surface area contributed by atoms with Gasteiger partial charge in [0, 0.05) is 17.4 Å². The molecule has 0 saturated heterocycles. The smallest absolute Gasteiger partial charge is 0.230 e. The summed E-state index contributed by atoms with van der Waals surface area (Å²) in [6, 6.07) is 5.06. The lowest BCUT2D eigenvalue weighted by Crippen LogP contribution is -2.05. The van der Waals surface area contributed by atoms with Gasteiger partial charge in [-0.3, -0.25) is 4.79 Å². The van der Waals surface area contributed by atoms with Crippen molar-refractivity contribution in [3.8, 4) is 5.75 Å². The van der Waals surface area contributed by atoms with Crippen molar-refractivity contribution >= 4 is 22.7 Å². The maximum atomic E-state index is 11.9. The summed E-state index contributed by atoms with van der Waals surface area (Å²) in [5.41, 5.74) is 1.55. The number of aromatic amines is 1. The normalized spacial score (nSPS) is 11.0. The van der Waals surface area contributed by atoms with Crippen LogP contribution in [0.25, 0.3) is 11.0 Å². The minimum atomic E-state index is -0.0309. The van der Waals surface area contributed by atoms with E-state index in [0.717, 1.165) is 36.3 Å². The Hall–Kier alpha value is -2.35. The molecule has 2 aromatic heterocycles. The summed E-state index contributed by atoms with van der Waals surface area (Å²) < 4.78 is 11.5. The molecule has 3 rings (SSSR count). The molecule has 0 aliphatic carbocycles. The summed E-state index contributed by atoms with van der Waals surface area (Å²) in [4.78, 5) is 11.9. The van der Waals surface area contributed by atoms with Gasteiger partial charge in [0.25, 0.3) is 0 Å². The number of H-pyrrole nitrogens is 1. The van der Waals surface area contributed by atoms with E-state index in [9.17, 15) is 4.79 Å². The first kappa shape index (κ1) is 16.5. The number of aryl methyl sites for hydroxylation is 1. The van der Waals surface area contributed by atoms with E-state index in [4.69, 9.17) is 9.15 Å². The van der Waals surface area contributed by atoms with Gasteiger partial charge in [-0.1, -0.05) is 25.1 Å². The van der Waals surface area contributed by atoms with Crippen LogP contribution in [0, 0.1) is 0 Å². The number of fused-ring (bicyclic) bond motifs is 1. The SMILES string of the molecule is CCCc1c(OCCCSc2nn[nH]n2)ccc2c(=O)ccoc12. The van der Waals surface area contributed by atoms with Crippen molar-refractivity contribution in [1.82, 2.24) is 20.6 Å². The summed E-state index contributed by atoms with van der Waals surface area (Å²) in [7, 11) is 0. The third-order valence-corrected chi connectivity index (χ3v) is 4.42. The zero-order valence-corrected chi connectivity index (χ0v) is 14.1. The summed E-state index contributed by atoms with van der Waals surface area (Å²) in [6.07, 6.45) is 4.04. The Morgan fingerprint density at radius 3 is 3.04 bits per heavy atom. The van der Waals surface area contributed by atoms with E-state index in [1.165, 1.54) is 24.1 Å². The Balaban J connectivity index is 1.67. The molecule has 0 amide bonds. The second-order valence-electron chi connectivity index (χ2n) is 5.20. The highest BCUT2D eigenvalue weighted by Gasteiger charge is 2.12. The maximum Gasteiger partial charge on any atom is 0.230 e. The molecular weight excluding hydrogens is 328 g/mol. The molecule has 126 valence electrons. The maximum absolute atomic E-state index is 11.9. The molecule has 7 nitrogen and oxygen atoms in total. The molecule has 0 radical (unpaired) electrons. The van der Waals surface area contributed by atoms with E-state index in [1.54, 1.807) is 6.07 Å². The van der Waals surface area contributed by atoms with Crippen LogP contribution in [0.15, 0.2) is 38.8 Å². The Bertz CT molecular complexity index is 848. The molecule has 8 heteroatoms. The lowest BCUT2D eigenvalue weighted by molar-refractivity contribution is 0.315. The Labute approximate surface area is 142 Å². The number of benzene rings is 1. The number of rotatable bonds is 8. The fourth-order valence-corrected chi connectivity index (χ4v) is 3.08. The molecule has 24 heavy (non-hydrogen) atoms. The van der Waals surface area contributed by atoms with Crippen molar-refractivity contribution < 1.29 is 9.15 Å². The molecule has 0 unspecified atom stereocenters. The summed E-state index contributed by atoms with van der Waals surface area (Å²) in [6.45, 7) is 2.66. The molecule has 1 aromatic carbocycles. The van der Waals surface area contributed by atoms with Crippen LogP contribution < -0.4 is 10.2 Å². The van der Waals surface area contributed by atoms with Crippen LogP contribution in [-0.4, -0.2) is 33.0 Å². The number of aromatic nitrogens is 4. The molecule has 0 fully saturated rings. The number of tetrazole rings is 1. The van der Waals surface area contributed by atoms with Crippen molar-refractivity contribution in [3.05, 3.63) is 40.2 Å². The van der Waals surface area contributed by atoms with Gasteiger partial charge in [-0.05, 0) is 30.2 Å². The average molecular weight is 346 g/mol. The Kier molecular flexibility index (Phi) is 5.47. The highest BCUT2D eigenvalue weighted by atomic mass is 32.2. The second kappa shape index (κ2) is 7.96. The molecule has 2 heterocycles. The summed E-state index contributed by atoms with van der Waals surface area (Å²) >= 11 is 1.53. The first-order chi connectivity index (χ1) is 11.8. The van der Waals surface area contributed by atoms with Crippen molar-refractivity contribution in [2.24, 2.45) is 0 Å². The molecule has 0 bridgehead atoms. The fourth-order valence-electron chi connectivity index (χ4n) is 2.43. The standard InChI is InChI=1S/C16H18N4O3S/c1-2-4-12-14(6-5-11-13(21)7-9-23-15(11)12)22-8-3-10-24-16-17-19-20-18-16/h5-7,9H,2-4,8,10H2,1H3,(H,17,18,19,20). The number of hydrogen-bond donors (Lipinski definition) is 1. The molecule has 0 aliphatic heterocycles. The molecule has 0 atom stereocenters. The van der Waals surface area contributed by atoms with Crippen LogP contribution in [0.4, 0.5) is 0 Å². The number of hydrogen-bond acceptors (Lipinski definition) is 7. The molecular formula is C16H18N4O3S. The number of thioether (sulfide) groups is 1. The van der Waals surface area contributed by atoms with Gasteiger partial charge in [-0.25, -0.2) is 0 Å².